The summed E-state index contributed by atoms with van der Waals surface area (Å²) in [5.41, 5.74) is 5.67. The Balaban J connectivity index is 2.28. The Hall–Kier alpha value is -0.650. The Morgan fingerprint density at radius 1 is 1.33 bits per heavy atom. The van der Waals surface area contributed by atoms with Gasteiger partial charge in [0.1, 0.15) is 0 Å². The van der Waals surface area contributed by atoms with Crippen LogP contribution >= 0.6 is 0 Å². The minimum atomic E-state index is -0.0441. The number of hydrogen-bond acceptors (Lipinski definition) is 5. The molecule has 0 radical (unpaired) electrons. The standard InChI is InChI=1S/C13H26N2O3/c1-3-17-12(9-14)10-15-7-5-11(6-8-15)13(16)18-4-2/h11-12H,3-10,14H2,1-2H3. The number of ether oxygens (including phenoxy) is 2. The topological polar surface area (TPSA) is 64.8 Å². The second kappa shape index (κ2) is 8.45. The fourth-order valence-corrected chi connectivity index (χ4v) is 2.33. The summed E-state index contributed by atoms with van der Waals surface area (Å²) in [6.07, 6.45) is 1.86. The van der Waals surface area contributed by atoms with Crippen molar-refractivity contribution in [1.82, 2.24) is 4.90 Å². The molecule has 0 amide bonds. The smallest absolute Gasteiger partial charge is 0.309 e. The minimum Gasteiger partial charge on any atom is -0.466 e. The summed E-state index contributed by atoms with van der Waals surface area (Å²) in [6.45, 7) is 8.25. The number of likely N-dealkylation sites (tertiary alicyclic amines) is 1. The molecule has 0 saturated carbocycles. The molecule has 1 aliphatic rings. The van der Waals surface area contributed by atoms with Gasteiger partial charge in [-0.2, -0.15) is 0 Å². The van der Waals surface area contributed by atoms with Gasteiger partial charge in [0, 0.05) is 19.7 Å². The highest BCUT2D eigenvalue weighted by atomic mass is 16.5. The fraction of sp³-hybridized carbons (Fsp3) is 0.923. The summed E-state index contributed by atoms with van der Waals surface area (Å²) in [6, 6.07) is 0. The minimum absolute atomic E-state index is 0.0441. The average molecular weight is 258 g/mol. The first kappa shape index (κ1) is 15.4. The van der Waals surface area contributed by atoms with Crippen LogP contribution in [0.15, 0.2) is 0 Å². The summed E-state index contributed by atoms with van der Waals surface area (Å²) in [5.74, 6) is 0.0296. The Morgan fingerprint density at radius 2 is 2.00 bits per heavy atom. The van der Waals surface area contributed by atoms with Crippen LogP contribution in [0.3, 0.4) is 0 Å². The van der Waals surface area contributed by atoms with Gasteiger partial charge >= 0.3 is 5.97 Å². The Kier molecular flexibility index (Phi) is 7.23. The van der Waals surface area contributed by atoms with E-state index in [0.717, 1.165) is 32.5 Å². The quantitative estimate of drug-likeness (QED) is 0.678. The van der Waals surface area contributed by atoms with E-state index >= 15 is 0 Å². The third-order valence-electron chi connectivity index (χ3n) is 3.33. The second-order valence-corrected chi connectivity index (χ2v) is 4.64. The van der Waals surface area contributed by atoms with E-state index in [1.165, 1.54) is 0 Å². The summed E-state index contributed by atoms with van der Waals surface area (Å²) >= 11 is 0. The van der Waals surface area contributed by atoms with Crippen LogP contribution in [-0.4, -0.2) is 56.4 Å². The van der Waals surface area contributed by atoms with E-state index in [9.17, 15) is 4.79 Å². The lowest BCUT2D eigenvalue weighted by Gasteiger charge is -2.32. The zero-order valence-electron chi connectivity index (χ0n) is 11.6. The van der Waals surface area contributed by atoms with Crippen LogP contribution in [-0.2, 0) is 14.3 Å². The maximum absolute atomic E-state index is 11.6. The summed E-state index contributed by atoms with van der Waals surface area (Å²) in [4.78, 5) is 13.9. The van der Waals surface area contributed by atoms with E-state index in [0.29, 0.717) is 19.8 Å². The molecule has 1 heterocycles. The van der Waals surface area contributed by atoms with Gasteiger partial charge in [-0.05, 0) is 39.8 Å². The van der Waals surface area contributed by atoms with Gasteiger partial charge in [0.25, 0.3) is 0 Å². The van der Waals surface area contributed by atoms with Crippen molar-refractivity contribution in [3.8, 4) is 0 Å². The maximum atomic E-state index is 11.6. The molecular formula is C13H26N2O3. The molecule has 0 aromatic rings. The van der Waals surface area contributed by atoms with Gasteiger partial charge < -0.3 is 20.1 Å². The largest absolute Gasteiger partial charge is 0.466 e. The Morgan fingerprint density at radius 3 is 2.50 bits per heavy atom. The lowest BCUT2D eigenvalue weighted by atomic mass is 9.97. The molecule has 1 aliphatic heterocycles. The lowest BCUT2D eigenvalue weighted by molar-refractivity contribution is -0.149. The van der Waals surface area contributed by atoms with Crippen molar-refractivity contribution in [3.63, 3.8) is 0 Å². The molecule has 0 aliphatic carbocycles. The highest BCUT2D eigenvalue weighted by Gasteiger charge is 2.26. The number of nitrogens with zero attached hydrogens (tertiary/aromatic N) is 1. The van der Waals surface area contributed by atoms with Gasteiger partial charge in [0.05, 0.1) is 18.6 Å². The zero-order chi connectivity index (χ0) is 13.4. The second-order valence-electron chi connectivity index (χ2n) is 4.64. The molecule has 0 aromatic heterocycles. The SMILES string of the molecule is CCOC(=O)C1CCN(CC(CN)OCC)CC1. The number of carbonyl (C=O) groups excluding carboxylic acids is 1. The normalized spacial score (nSPS) is 19.7. The van der Waals surface area contributed by atoms with Gasteiger partial charge in [-0.1, -0.05) is 0 Å². The number of piperidine rings is 1. The third-order valence-corrected chi connectivity index (χ3v) is 3.33. The van der Waals surface area contributed by atoms with Crippen LogP contribution in [0.2, 0.25) is 0 Å². The van der Waals surface area contributed by atoms with E-state index in [1.807, 2.05) is 13.8 Å². The lowest BCUT2D eigenvalue weighted by Crippen LogP contribution is -2.43. The average Bonchev–Trinajstić information content (AvgIpc) is 2.39. The molecule has 1 saturated heterocycles. The molecule has 0 aromatic carbocycles. The molecule has 2 N–H and O–H groups in total. The van der Waals surface area contributed by atoms with Crippen molar-refractivity contribution in [2.45, 2.75) is 32.8 Å². The first-order chi connectivity index (χ1) is 8.71. The molecule has 1 rings (SSSR count). The van der Waals surface area contributed by atoms with E-state index in [1.54, 1.807) is 0 Å². The number of hydrogen-bond donors (Lipinski definition) is 1. The molecule has 5 heteroatoms. The van der Waals surface area contributed by atoms with Crippen molar-refractivity contribution in [2.24, 2.45) is 11.7 Å². The van der Waals surface area contributed by atoms with Crippen LogP contribution in [0.1, 0.15) is 26.7 Å². The third kappa shape index (κ3) is 4.92. The van der Waals surface area contributed by atoms with E-state index < -0.39 is 0 Å². The highest BCUT2D eigenvalue weighted by Crippen LogP contribution is 2.18. The van der Waals surface area contributed by atoms with Crippen LogP contribution in [0.4, 0.5) is 0 Å². The van der Waals surface area contributed by atoms with Crippen molar-refractivity contribution < 1.29 is 14.3 Å². The van der Waals surface area contributed by atoms with Crippen molar-refractivity contribution in [2.75, 3.05) is 39.4 Å². The first-order valence-corrected chi connectivity index (χ1v) is 6.91. The van der Waals surface area contributed by atoms with Gasteiger partial charge in [0.2, 0.25) is 0 Å². The van der Waals surface area contributed by atoms with E-state index in [-0.39, 0.29) is 18.0 Å². The van der Waals surface area contributed by atoms with E-state index in [4.69, 9.17) is 15.2 Å². The van der Waals surface area contributed by atoms with Crippen LogP contribution in [0, 0.1) is 5.92 Å². The number of esters is 1. The van der Waals surface area contributed by atoms with E-state index in [2.05, 4.69) is 4.90 Å². The van der Waals surface area contributed by atoms with Gasteiger partial charge in [0.15, 0.2) is 0 Å². The number of carbonyl (C=O) groups is 1. The molecule has 1 fully saturated rings. The number of rotatable bonds is 7. The van der Waals surface area contributed by atoms with Crippen LogP contribution in [0.25, 0.3) is 0 Å². The molecule has 1 unspecified atom stereocenters. The van der Waals surface area contributed by atoms with Crippen LogP contribution in [0.5, 0.6) is 0 Å². The Bertz CT molecular complexity index is 240. The number of nitrogens with two attached hydrogens (primary N) is 1. The molecule has 1 atom stereocenters. The maximum Gasteiger partial charge on any atom is 0.309 e. The molecule has 5 nitrogen and oxygen atoms in total. The van der Waals surface area contributed by atoms with Crippen molar-refractivity contribution in [1.29, 1.82) is 0 Å². The van der Waals surface area contributed by atoms with Crippen molar-refractivity contribution >= 4 is 5.97 Å². The molecular weight excluding hydrogens is 232 g/mol. The molecule has 0 bridgehead atoms. The highest BCUT2D eigenvalue weighted by molar-refractivity contribution is 5.72. The fourth-order valence-electron chi connectivity index (χ4n) is 2.33. The zero-order valence-corrected chi connectivity index (χ0v) is 11.6. The van der Waals surface area contributed by atoms with Crippen molar-refractivity contribution in [3.05, 3.63) is 0 Å². The summed E-state index contributed by atoms with van der Waals surface area (Å²) in [7, 11) is 0. The Labute approximate surface area is 110 Å². The summed E-state index contributed by atoms with van der Waals surface area (Å²) < 4.78 is 10.6. The summed E-state index contributed by atoms with van der Waals surface area (Å²) in [5, 5.41) is 0. The molecule has 18 heavy (non-hydrogen) atoms. The predicted octanol–water partition coefficient (Wildman–Crippen LogP) is 0.625. The van der Waals surface area contributed by atoms with Gasteiger partial charge in [-0.25, -0.2) is 0 Å². The van der Waals surface area contributed by atoms with Gasteiger partial charge in [-0.15, -0.1) is 0 Å². The van der Waals surface area contributed by atoms with Crippen LogP contribution < -0.4 is 5.73 Å². The molecule has 0 spiro atoms. The first-order valence-electron chi connectivity index (χ1n) is 6.91. The monoisotopic (exact) mass is 258 g/mol. The predicted molar refractivity (Wildman–Crippen MR) is 70.3 cm³/mol. The molecule has 106 valence electrons. The van der Waals surface area contributed by atoms with Gasteiger partial charge in [-0.3, -0.25) is 4.79 Å².